The topological polar surface area (TPSA) is 29.3 Å². The summed E-state index contributed by atoms with van der Waals surface area (Å²) in [5.74, 6) is 0.783. The summed E-state index contributed by atoms with van der Waals surface area (Å²) in [6.45, 7) is 6.63. The van der Waals surface area contributed by atoms with Crippen molar-refractivity contribution in [2.24, 2.45) is 11.7 Å². The van der Waals surface area contributed by atoms with Gasteiger partial charge in [-0.25, -0.2) is 0 Å². The Balaban J connectivity index is 2.01. The van der Waals surface area contributed by atoms with Crippen LogP contribution in [0.2, 0.25) is 0 Å². The van der Waals surface area contributed by atoms with E-state index in [1.165, 1.54) is 30.5 Å². The van der Waals surface area contributed by atoms with Crippen molar-refractivity contribution in [1.82, 2.24) is 0 Å². The Kier molecular flexibility index (Phi) is 4.06. The van der Waals surface area contributed by atoms with E-state index < -0.39 is 0 Å². The Morgan fingerprint density at radius 1 is 1.35 bits per heavy atom. The van der Waals surface area contributed by atoms with Crippen LogP contribution in [0.1, 0.15) is 31.7 Å². The summed E-state index contributed by atoms with van der Waals surface area (Å²) in [6, 6.07) is 9.23. The number of aryl methyl sites for hydroxylation is 1. The molecule has 0 radical (unpaired) electrons. The molecular weight excluding hydrogens is 208 g/mol. The van der Waals surface area contributed by atoms with E-state index in [-0.39, 0.29) is 0 Å². The summed E-state index contributed by atoms with van der Waals surface area (Å²) >= 11 is 0. The number of benzene rings is 1. The Bertz CT molecular complexity index is 362. The number of nitrogens with zero attached hydrogens (tertiary/aromatic N) is 1. The molecule has 0 aromatic heterocycles. The molecule has 2 rings (SSSR count). The first-order valence-electron chi connectivity index (χ1n) is 6.76. The lowest BCUT2D eigenvalue weighted by Crippen LogP contribution is -2.29. The first-order chi connectivity index (χ1) is 8.19. The molecule has 94 valence electrons. The zero-order valence-electron chi connectivity index (χ0n) is 11.0. The van der Waals surface area contributed by atoms with Gasteiger partial charge in [-0.2, -0.15) is 0 Å². The molecule has 2 atom stereocenters. The van der Waals surface area contributed by atoms with Crippen LogP contribution in [0.5, 0.6) is 0 Å². The SMILES string of the molecule is CCN(CC1CCC(N)C1)c1cccc(C)c1. The van der Waals surface area contributed by atoms with Crippen molar-refractivity contribution in [3.63, 3.8) is 0 Å². The standard InChI is InChI=1S/C15H24N2/c1-3-17(11-13-7-8-14(16)10-13)15-6-4-5-12(2)9-15/h4-6,9,13-14H,3,7-8,10-11,16H2,1-2H3. The van der Waals surface area contributed by atoms with Crippen molar-refractivity contribution in [1.29, 1.82) is 0 Å². The second kappa shape index (κ2) is 5.54. The highest BCUT2D eigenvalue weighted by Crippen LogP contribution is 2.27. The van der Waals surface area contributed by atoms with Gasteiger partial charge in [0.05, 0.1) is 0 Å². The minimum atomic E-state index is 0.441. The van der Waals surface area contributed by atoms with Gasteiger partial charge in [0.15, 0.2) is 0 Å². The van der Waals surface area contributed by atoms with Crippen molar-refractivity contribution in [2.75, 3.05) is 18.0 Å². The van der Waals surface area contributed by atoms with E-state index in [2.05, 4.69) is 43.0 Å². The lowest BCUT2D eigenvalue weighted by molar-refractivity contribution is 0.526. The molecule has 2 heteroatoms. The van der Waals surface area contributed by atoms with Gasteiger partial charge in [0.25, 0.3) is 0 Å². The minimum Gasteiger partial charge on any atom is -0.372 e. The molecule has 2 unspecified atom stereocenters. The summed E-state index contributed by atoms with van der Waals surface area (Å²) in [5.41, 5.74) is 8.68. The third-order valence-corrected chi connectivity index (χ3v) is 3.81. The van der Waals surface area contributed by atoms with Crippen LogP contribution in [-0.4, -0.2) is 19.1 Å². The van der Waals surface area contributed by atoms with Crippen LogP contribution in [0.15, 0.2) is 24.3 Å². The lowest BCUT2D eigenvalue weighted by Gasteiger charge is -2.26. The normalized spacial score (nSPS) is 23.9. The van der Waals surface area contributed by atoms with Crippen LogP contribution in [0.3, 0.4) is 0 Å². The largest absolute Gasteiger partial charge is 0.372 e. The van der Waals surface area contributed by atoms with Gasteiger partial charge in [-0.15, -0.1) is 0 Å². The number of nitrogens with two attached hydrogens (primary N) is 1. The van der Waals surface area contributed by atoms with Crippen LogP contribution < -0.4 is 10.6 Å². The molecule has 17 heavy (non-hydrogen) atoms. The van der Waals surface area contributed by atoms with Gasteiger partial charge >= 0.3 is 0 Å². The second-order valence-electron chi connectivity index (χ2n) is 5.32. The maximum atomic E-state index is 5.99. The molecule has 1 fully saturated rings. The van der Waals surface area contributed by atoms with E-state index in [1.807, 2.05) is 0 Å². The Morgan fingerprint density at radius 2 is 2.18 bits per heavy atom. The fourth-order valence-electron chi connectivity index (χ4n) is 2.83. The highest BCUT2D eigenvalue weighted by molar-refractivity contribution is 5.48. The first-order valence-corrected chi connectivity index (χ1v) is 6.76. The maximum absolute atomic E-state index is 5.99. The fraction of sp³-hybridized carbons (Fsp3) is 0.600. The lowest BCUT2D eigenvalue weighted by atomic mass is 10.1. The average molecular weight is 232 g/mol. The number of anilines is 1. The van der Waals surface area contributed by atoms with E-state index in [9.17, 15) is 0 Å². The molecular formula is C15H24N2. The molecule has 1 aromatic rings. The van der Waals surface area contributed by atoms with Crippen molar-refractivity contribution in [2.45, 2.75) is 39.2 Å². The van der Waals surface area contributed by atoms with Crippen LogP contribution in [0.25, 0.3) is 0 Å². The summed E-state index contributed by atoms with van der Waals surface area (Å²) in [5, 5.41) is 0. The summed E-state index contributed by atoms with van der Waals surface area (Å²) < 4.78 is 0. The Labute approximate surface area is 105 Å². The van der Waals surface area contributed by atoms with Gasteiger partial charge in [-0.05, 0) is 56.7 Å². The molecule has 0 spiro atoms. The van der Waals surface area contributed by atoms with Gasteiger partial charge in [0.1, 0.15) is 0 Å². The fourth-order valence-corrected chi connectivity index (χ4v) is 2.83. The van der Waals surface area contributed by atoms with E-state index in [0.29, 0.717) is 6.04 Å². The third-order valence-electron chi connectivity index (χ3n) is 3.81. The van der Waals surface area contributed by atoms with Gasteiger partial charge in [0, 0.05) is 24.8 Å². The van der Waals surface area contributed by atoms with E-state index in [1.54, 1.807) is 0 Å². The van der Waals surface area contributed by atoms with Crippen molar-refractivity contribution in [3.05, 3.63) is 29.8 Å². The molecule has 1 aliphatic carbocycles. The smallest absolute Gasteiger partial charge is 0.0368 e. The van der Waals surface area contributed by atoms with Crippen LogP contribution >= 0.6 is 0 Å². The Hall–Kier alpha value is -1.02. The highest BCUT2D eigenvalue weighted by Gasteiger charge is 2.23. The molecule has 0 amide bonds. The maximum Gasteiger partial charge on any atom is 0.0368 e. The average Bonchev–Trinajstić information content (AvgIpc) is 2.72. The first kappa shape index (κ1) is 12.4. The predicted molar refractivity (Wildman–Crippen MR) is 74.4 cm³/mol. The van der Waals surface area contributed by atoms with Crippen molar-refractivity contribution >= 4 is 5.69 Å². The van der Waals surface area contributed by atoms with Crippen LogP contribution in [-0.2, 0) is 0 Å². The zero-order valence-corrected chi connectivity index (χ0v) is 11.0. The summed E-state index contributed by atoms with van der Waals surface area (Å²) in [4.78, 5) is 2.48. The number of rotatable bonds is 4. The monoisotopic (exact) mass is 232 g/mol. The molecule has 2 nitrogen and oxygen atoms in total. The third kappa shape index (κ3) is 3.22. The quantitative estimate of drug-likeness (QED) is 0.865. The number of hydrogen-bond acceptors (Lipinski definition) is 2. The molecule has 1 aromatic carbocycles. The van der Waals surface area contributed by atoms with Gasteiger partial charge in [-0.3, -0.25) is 0 Å². The Morgan fingerprint density at radius 3 is 2.76 bits per heavy atom. The molecule has 0 saturated heterocycles. The second-order valence-corrected chi connectivity index (χ2v) is 5.32. The molecule has 0 heterocycles. The highest BCUT2D eigenvalue weighted by atomic mass is 15.1. The summed E-state index contributed by atoms with van der Waals surface area (Å²) in [6.07, 6.45) is 3.70. The van der Waals surface area contributed by atoms with E-state index >= 15 is 0 Å². The molecule has 0 bridgehead atoms. The van der Waals surface area contributed by atoms with Gasteiger partial charge < -0.3 is 10.6 Å². The van der Waals surface area contributed by atoms with Crippen LogP contribution in [0, 0.1) is 12.8 Å². The van der Waals surface area contributed by atoms with Gasteiger partial charge in [0.2, 0.25) is 0 Å². The minimum absolute atomic E-state index is 0.441. The molecule has 2 N–H and O–H groups in total. The van der Waals surface area contributed by atoms with Crippen molar-refractivity contribution < 1.29 is 0 Å². The number of hydrogen-bond donors (Lipinski definition) is 1. The van der Waals surface area contributed by atoms with E-state index in [0.717, 1.165) is 19.0 Å². The zero-order chi connectivity index (χ0) is 12.3. The molecule has 1 saturated carbocycles. The van der Waals surface area contributed by atoms with Crippen molar-refractivity contribution in [3.8, 4) is 0 Å². The molecule has 1 aliphatic rings. The van der Waals surface area contributed by atoms with Gasteiger partial charge in [-0.1, -0.05) is 12.1 Å². The van der Waals surface area contributed by atoms with E-state index in [4.69, 9.17) is 5.73 Å². The summed E-state index contributed by atoms with van der Waals surface area (Å²) in [7, 11) is 0. The molecule has 0 aliphatic heterocycles. The van der Waals surface area contributed by atoms with Crippen LogP contribution in [0.4, 0.5) is 5.69 Å². The predicted octanol–water partition coefficient (Wildman–Crippen LogP) is 2.95.